The molecule has 1 aliphatic heterocycles. The summed E-state index contributed by atoms with van der Waals surface area (Å²) in [6.07, 6.45) is 12.3. The van der Waals surface area contributed by atoms with Crippen LogP contribution >= 0.6 is 0 Å². The fraction of sp³-hybridized carbons (Fsp3) is 0.810. The van der Waals surface area contributed by atoms with E-state index in [0.717, 1.165) is 24.7 Å². The molecule has 1 heterocycles. The van der Waals surface area contributed by atoms with E-state index >= 15 is 0 Å². The van der Waals surface area contributed by atoms with Gasteiger partial charge in [0.1, 0.15) is 0 Å². The topological polar surface area (TPSA) is 44.1 Å². The normalized spacial score (nSPS) is 50.0. The maximum Gasteiger partial charge on any atom is 0.246 e. The molecule has 0 aromatic carbocycles. The molecule has 0 saturated heterocycles. The average molecular weight is 326 g/mol. The molecule has 3 saturated carbocycles. The van der Waals surface area contributed by atoms with Crippen LogP contribution < -0.4 is 0 Å². The molecule has 0 bridgehead atoms. The number of amides is 1. The summed E-state index contributed by atoms with van der Waals surface area (Å²) in [5, 5.41) is 9.22. The lowest BCUT2D eigenvalue weighted by atomic mass is 9.47. The molecule has 3 nitrogen and oxygen atoms in total. The Kier molecular flexibility index (Phi) is 3.61. The number of nitriles is 1. The van der Waals surface area contributed by atoms with Gasteiger partial charge in [-0.1, -0.05) is 19.9 Å². The van der Waals surface area contributed by atoms with Gasteiger partial charge in [-0.05, 0) is 73.7 Å². The van der Waals surface area contributed by atoms with E-state index in [4.69, 9.17) is 0 Å². The number of likely N-dealkylation sites (N-methyl/N-ethyl adjacent to an activating group) is 1. The molecule has 7 atom stereocenters. The molecule has 0 unspecified atom stereocenters. The summed E-state index contributed by atoms with van der Waals surface area (Å²) < 4.78 is 0. The zero-order valence-corrected chi connectivity index (χ0v) is 15.3. The predicted molar refractivity (Wildman–Crippen MR) is 93.8 cm³/mol. The van der Waals surface area contributed by atoms with Crippen molar-refractivity contribution in [3.63, 3.8) is 0 Å². The lowest BCUT2D eigenvalue weighted by Crippen LogP contribution is -2.59. The van der Waals surface area contributed by atoms with Crippen molar-refractivity contribution in [2.24, 2.45) is 34.5 Å². The standard InChI is InChI=1S/C21H30N2O/c1-20-11-8-17-15(16(20)6-4-14(20)10-13-22)5-7-18-21(17,2)12-9-19(24)23(18)3/h9,12,14-18H,4-8,10-11H2,1-3H3/t14-,15+,16+,17+,18-,20-,21-/m1/s1. The Morgan fingerprint density at radius 2 is 2.00 bits per heavy atom. The third-order valence-corrected chi connectivity index (χ3v) is 8.66. The first-order valence-corrected chi connectivity index (χ1v) is 9.75. The van der Waals surface area contributed by atoms with Crippen LogP contribution in [0.4, 0.5) is 0 Å². The summed E-state index contributed by atoms with van der Waals surface area (Å²) in [6, 6.07) is 2.82. The minimum atomic E-state index is 0.139. The van der Waals surface area contributed by atoms with E-state index in [0.29, 0.717) is 23.3 Å². The SMILES string of the molecule is CN1C(=O)C=C[C@]2(C)[C@H]3CC[C@]4(C)[C@@H](CC#N)CC[C@H]4[C@@H]3CC[C@@H]12. The van der Waals surface area contributed by atoms with Gasteiger partial charge in [0.15, 0.2) is 0 Å². The van der Waals surface area contributed by atoms with E-state index < -0.39 is 0 Å². The van der Waals surface area contributed by atoms with Gasteiger partial charge in [-0.3, -0.25) is 4.79 Å². The van der Waals surface area contributed by atoms with E-state index in [1.807, 2.05) is 18.0 Å². The smallest absolute Gasteiger partial charge is 0.246 e. The maximum atomic E-state index is 12.1. The molecule has 3 aliphatic carbocycles. The van der Waals surface area contributed by atoms with Gasteiger partial charge in [0.05, 0.1) is 6.07 Å². The lowest BCUT2D eigenvalue weighted by molar-refractivity contribution is -0.138. The van der Waals surface area contributed by atoms with Crippen molar-refractivity contribution >= 4 is 5.91 Å². The minimum absolute atomic E-state index is 0.139. The number of fused-ring (bicyclic) bond motifs is 5. The van der Waals surface area contributed by atoms with E-state index in [1.54, 1.807) is 0 Å². The molecule has 1 amide bonds. The van der Waals surface area contributed by atoms with Crippen LogP contribution in [0.3, 0.4) is 0 Å². The summed E-state index contributed by atoms with van der Waals surface area (Å²) in [6.45, 7) is 4.88. The highest BCUT2D eigenvalue weighted by Crippen LogP contribution is 2.65. The van der Waals surface area contributed by atoms with Gasteiger partial charge in [-0.2, -0.15) is 5.26 Å². The van der Waals surface area contributed by atoms with E-state index in [1.165, 1.54) is 32.1 Å². The number of nitrogens with zero attached hydrogens (tertiary/aromatic N) is 2. The van der Waals surface area contributed by atoms with E-state index in [-0.39, 0.29) is 11.3 Å². The highest BCUT2D eigenvalue weighted by Gasteiger charge is 2.60. The molecule has 0 aromatic heterocycles. The Hall–Kier alpha value is -1.30. The quantitative estimate of drug-likeness (QED) is 0.726. The zero-order valence-electron chi connectivity index (χ0n) is 15.3. The molecule has 0 spiro atoms. The van der Waals surface area contributed by atoms with Gasteiger partial charge < -0.3 is 4.90 Å². The molecule has 4 rings (SSSR count). The fourth-order valence-corrected chi connectivity index (χ4v) is 7.29. The van der Waals surface area contributed by atoms with Crippen molar-refractivity contribution in [1.29, 1.82) is 5.26 Å². The zero-order chi connectivity index (χ0) is 17.1. The first kappa shape index (κ1) is 16.2. The third kappa shape index (κ3) is 1.98. The van der Waals surface area contributed by atoms with Gasteiger partial charge in [-0.15, -0.1) is 0 Å². The molecule has 0 N–H and O–H groups in total. The molecule has 3 heteroatoms. The van der Waals surface area contributed by atoms with E-state index in [2.05, 4.69) is 26.0 Å². The summed E-state index contributed by atoms with van der Waals surface area (Å²) in [7, 11) is 1.99. The van der Waals surface area contributed by atoms with Crippen LogP contribution in [0.15, 0.2) is 12.2 Å². The lowest BCUT2D eigenvalue weighted by Gasteiger charge is -2.60. The number of hydrogen-bond donors (Lipinski definition) is 0. The monoisotopic (exact) mass is 326 g/mol. The Bertz CT molecular complexity index is 620. The van der Waals surface area contributed by atoms with Gasteiger partial charge in [-0.25, -0.2) is 0 Å². The first-order valence-electron chi connectivity index (χ1n) is 9.75. The minimum Gasteiger partial charge on any atom is -0.338 e. The molecule has 0 radical (unpaired) electrons. The van der Waals surface area contributed by atoms with Crippen molar-refractivity contribution in [3.05, 3.63) is 12.2 Å². The van der Waals surface area contributed by atoms with Gasteiger partial charge in [0.25, 0.3) is 0 Å². The van der Waals surface area contributed by atoms with Crippen LogP contribution in [0.25, 0.3) is 0 Å². The molecule has 3 fully saturated rings. The summed E-state index contributed by atoms with van der Waals surface area (Å²) in [4.78, 5) is 14.1. The van der Waals surface area contributed by atoms with Crippen LogP contribution in [0.5, 0.6) is 0 Å². The fourth-order valence-electron chi connectivity index (χ4n) is 7.29. The van der Waals surface area contributed by atoms with Crippen LogP contribution in [0, 0.1) is 45.8 Å². The molecule has 4 aliphatic rings. The Labute approximate surface area is 146 Å². The van der Waals surface area contributed by atoms with Crippen molar-refractivity contribution in [3.8, 4) is 6.07 Å². The van der Waals surface area contributed by atoms with Crippen molar-refractivity contribution < 1.29 is 4.79 Å². The maximum absolute atomic E-state index is 12.1. The van der Waals surface area contributed by atoms with Gasteiger partial charge in [0, 0.05) is 24.9 Å². The highest BCUT2D eigenvalue weighted by molar-refractivity contribution is 5.89. The van der Waals surface area contributed by atoms with E-state index in [9.17, 15) is 10.1 Å². The highest BCUT2D eigenvalue weighted by atomic mass is 16.2. The second-order valence-corrected chi connectivity index (χ2v) is 9.30. The van der Waals surface area contributed by atoms with Crippen LogP contribution in [0.1, 0.15) is 58.8 Å². The number of carbonyl (C=O) groups is 1. The average Bonchev–Trinajstić information content (AvgIpc) is 2.89. The number of rotatable bonds is 1. The number of hydrogen-bond acceptors (Lipinski definition) is 2. The first-order chi connectivity index (χ1) is 11.4. The summed E-state index contributed by atoms with van der Waals surface area (Å²) in [5.74, 6) is 3.03. The van der Waals surface area contributed by atoms with Crippen molar-refractivity contribution in [1.82, 2.24) is 4.90 Å². The molecule has 24 heavy (non-hydrogen) atoms. The van der Waals surface area contributed by atoms with Crippen LogP contribution in [-0.4, -0.2) is 23.9 Å². The molecule has 130 valence electrons. The van der Waals surface area contributed by atoms with Crippen molar-refractivity contribution in [2.75, 3.05) is 7.05 Å². The van der Waals surface area contributed by atoms with Gasteiger partial charge >= 0.3 is 0 Å². The number of carbonyl (C=O) groups excluding carboxylic acids is 1. The molecular weight excluding hydrogens is 296 g/mol. The Morgan fingerprint density at radius 3 is 2.75 bits per heavy atom. The Balaban J connectivity index is 1.65. The largest absolute Gasteiger partial charge is 0.338 e. The Morgan fingerprint density at radius 1 is 1.21 bits per heavy atom. The van der Waals surface area contributed by atoms with Crippen molar-refractivity contribution in [2.45, 2.75) is 64.8 Å². The van der Waals surface area contributed by atoms with Crippen LogP contribution in [-0.2, 0) is 4.79 Å². The van der Waals surface area contributed by atoms with Gasteiger partial charge in [0.2, 0.25) is 5.91 Å². The molecule has 0 aromatic rings. The van der Waals surface area contributed by atoms with Crippen LogP contribution in [0.2, 0.25) is 0 Å². The summed E-state index contributed by atoms with van der Waals surface area (Å²) in [5.41, 5.74) is 0.514. The third-order valence-electron chi connectivity index (χ3n) is 8.66. The second-order valence-electron chi connectivity index (χ2n) is 9.30. The molecular formula is C21H30N2O. The predicted octanol–water partition coefficient (Wildman–Crippen LogP) is 4.16. The summed E-state index contributed by atoms with van der Waals surface area (Å²) >= 11 is 0. The second kappa shape index (κ2) is 5.35.